The third-order valence-electron chi connectivity index (χ3n) is 3.68. The summed E-state index contributed by atoms with van der Waals surface area (Å²) in [5.41, 5.74) is 0. The summed E-state index contributed by atoms with van der Waals surface area (Å²) in [6.45, 7) is 10.9. The van der Waals surface area contributed by atoms with Gasteiger partial charge in [-0.2, -0.15) is 0 Å². The number of hydrogen-bond donors (Lipinski definition) is 1. The third-order valence-corrected chi connectivity index (χ3v) is 3.68. The Morgan fingerprint density at radius 3 is 2.59 bits per heavy atom. The van der Waals surface area contributed by atoms with Gasteiger partial charge in [-0.05, 0) is 44.3 Å². The van der Waals surface area contributed by atoms with Gasteiger partial charge in [0.05, 0.1) is 0 Å². The normalized spacial score (nSPS) is 12.7. The van der Waals surface area contributed by atoms with Gasteiger partial charge < -0.3 is 5.32 Å². The number of allylic oxidation sites excluding steroid dienone is 5. The summed E-state index contributed by atoms with van der Waals surface area (Å²) < 4.78 is 13.5. The number of guanidine groups is 1. The van der Waals surface area contributed by atoms with Crippen molar-refractivity contribution in [1.29, 1.82) is 0 Å². The molecule has 0 radical (unpaired) electrons. The van der Waals surface area contributed by atoms with E-state index in [1.165, 1.54) is 19.1 Å². The highest BCUT2D eigenvalue weighted by Gasteiger charge is 2.13. The van der Waals surface area contributed by atoms with E-state index in [-0.39, 0.29) is 11.7 Å². The van der Waals surface area contributed by atoms with Gasteiger partial charge in [0.1, 0.15) is 5.83 Å². The smallest absolute Gasteiger partial charge is 0.226 e. The van der Waals surface area contributed by atoms with Crippen molar-refractivity contribution in [2.24, 2.45) is 4.99 Å². The van der Waals surface area contributed by atoms with Gasteiger partial charge in [0.2, 0.25) is 11.9 Å². The minimum atomic E-state index is -0.249. The fraction of sp³-hybridized carbons (Fsp3) is 0.545. The van der Waals surface area contributed by atoms with E-state index in [0.717, 1.165) is 38.6 Å². The van der Waals surface area contributed by atoms with Crippen molar-refractivity contribution in [3.05, 3.63) is 48.9 Å². The van der Waals surface area contributed by atoms with Crippen molar-refractivity contribution >= 4 is 11.9 Å². The highest BCUT2D eigenvalue weighted by atomic mass is 19.1. The molecule has 0 aliphatic heterocycles. The van der Waals surface area contributed by atoms with Gasteiger partial charge in [0, 0.05) is 26.6 Å². The number of halogens is 1. The second kappa shape index (κ2) is 17.3. The molecule has 0 saturated carbocycles. The first-order valence-electron chi connectivity index (χ1n) is 9.91. The number of aliphatic imine (C=N–C) groups is 1. The van der Waals surface area contributed by atoms with E-state index in [4.69, 9.17) is 0 Å². The molecule has 0 aliphatic rings. The van der Waals surface area contributed by atoms with Crippen LogP contribution in [0.5, 0.6) is 0 Å². The molecule has 0 aromatic carbocycles. The molecule has 0 aliphatic carbocycles. The van der Waals surface area contributed by atoms with Crippen LogP contribution in [-0.4, -0.2) is 36.4 Å². The van der Waals surface area contributed by atoms with Crippen LogP contribution in [0.3, 0.4) is 0 Å². The quantitative estimate of drug-likeness (QED) is 0.155. The van der Waals surface area contributed by atoms with Gasteiger partial charge in [-0.3, -0.25) is 14.7 Å². The molecule has 152 valence electrons. The van der Waals surface area contributed by atoms with E-state index >= 15 is 0 Å². The Bertz CT molecular complexity index is 536. The lowest BCUT2D eigenvalue weighted by Crippen LogP contribution is -2.44. The molecule has 0 saturated heterocycles. The Balaban J connectivity index is 4.96. The van der Waals surface area contributed by atoms with Crippen molar-refractivity contribution < 1.29 is 9.18 Å². The predicted octanol–water partition coefficient (Wildman–Crippen LogP) is 5.31. The molecule has 0 atom stereocenters. The fourth-order valence-corrected chi connectivity index (χ4v) is 2.16. The van der Waals surface area contributed by atoms with Crippen molar-refractivity contribution in [2.45, 2.75) is 59.3 Å². The molecular formula is C22H36FN3O. The van der Waals surface area contributed by atoms with E-state index in [1.807, 2.05) is 25.2 Å². The summed E-state index contributed by atoms with van der Waals surface area (Å²) in [5, 5.41) is 3.25. The fourth-order valence-electron chi connectivity index (χ4n) is 2.16. The van der Waals surface area contributed by atoms with Crippen LogP contribution in [0, 0.1) is 0 Å². The maximum atomic E-state index is 13.5. The first-order valence-corrected chi connectivity index (χ1v) is 9.91. The van der Waals surface area contributed by atoms with Crippen LogP contribution < -0.4 is 5.32 Å². The lowest BCUT2D eigenvalue weighted by Gasteiger charge is -2.22. The number of carbonyl (C=O) groups excluding carboxylic acids is 1. The summed E-state index contributed by atoms with van der Waals surface area (Å²) in [7, 11) is 0. The molecule has 5 heteroatoms. The molecule has 0 rings (SSSR count). The van der Waals surface area contributed by atoms with E-state index in [1.54, 1.807) is 11.0 Å². The zero-order chi connectivity index (χ0) is 20.3. The Hall–Kier alpha value is -2.17. The number of amides is 1. The van der Waals surface area contributed by atoms with E-state index < -0.39 is 0 Å². The van der Waals surface area contributed by atoms with Gasteiger partial charge in [-0.15, -0.1) is 6.58 Å². The summed E-state index contributed by atoms with van der Waals surface area (Å²) in [6.07, 6.45) is 15.8. The number of hydrogen-bond acceptors (Lipinski definition) is 2. The molecule has 27 heavy (non-hydrogen) atoms. The molecule has 0 bridgehead atoms. The van der Waals surface area contributed by atoms with Crippen LogP contribution in [0.1, 0.15) is 59.3 Å². The molecule has 0 aromatic heterocycles. The Morgan fingerprint density at radius 1 is 1.19 bits per heavy atom. The molecular weight excluding hydrogens is 341 g/mol. The Kier molecular flexibility index (Phi) is 15.9. The third kappa shape index (κ3) is 13.7. The second-order valence-electron chi connectivity index (χ2n) is 6.14. The minimum Gasteiger partial charge on any atom is -0.356 e. The first kappa shape index (κ1) is 24.8. The standard InChI is InChI=1S/C22H36FN3O/c1-5-8-11-12-13-19-26(20(4)27)22(24-17-10-7-3)25-18-14-16-21(23)15-9-6-2/h5,9,12-13,15-16H,1,6-8,10-11,14,17-19H2,2-4H3,(H,24,25)/b13-12+,15-9-,21-16+. The average Bonchev–Trinajstić information content (AvgIpc) is 2.65. The summed E-state index contributed by atoms with van der Waals surface area (Å²) >= 11 is 0. The topological polar surface area (TPSA) is 44.7 Å². The highest BCUT2D eigenvalue weighted by molar-refractivity contribution is 5.96. The average molecular weight is 378 g/mol. The zero-order valence-electron chi connectivity index (χ0n) is 17.2. The monoisotopic (exact) mass is 377 g/mol. The number of nitrogens with one attached hydrogen (secondary N) is 1. The molecule has 0 spiro atoms. The van der Waals surface area contributed by atoms with Crippen molar-refractivity contribution in [3.8, 4) is 0 Å². The SMILES string of the molecule is C=CCC/C=C/CN(C(C)=O)/C(=N\CC/C=C(F)\C=C/CC)NCCCC. The maximum absolute atomic E-state index is 13.5. The van der Waals surface area contributed by atoms with Gasteiger partial charge in [0.15, 0.2) is 0 Å². The minimum absolute atomic E-state index is 0.0706. The van der Waals surface area contributed by atoms with Crippen LogP contribution in [0.25, 0.3) is 0 Å². The molecule has 1 N–H and O–H groups in total. The first-order chi connectivity index (χ1) is 13.1. The van der Waals surface area contributed by atoms with E-state index in [2.05, 4.69) is 23.8 Å². The van der Waals surface area contributed by atoms with Crippen molar-refractivity contribution in [2.75, 3.05) is 19.6 Å². The largest absolute Gasteiger partial charge is 0.356 e. The highest BCUT2D eigenvalue weighted by Crippen LogP contribution is 2.03. The van der Waals surface area contributed by atoms with Gasteiger partial charge >= 0.3 is 0 Å². The number of unbranched alkanes of at least 4 members (excludes halogenated alkanes) is 2. The van der Waals surface area contributed by atoms with Gasteiger partial charge in [-0.25, -0.2) is 4.39 Å². The van der Waals surface area contributed by atoms with Crippen LogP contribution in [0.15, 0.2) is 53.9 Å². The van der Waals surface area contributed by atoms with Crippen LogP contribution in [0.2, 0.25) is 0 Å². The van der Waals surface area contributed by atoms with Crippen molar-refractivity contribution in [1.82, 2.24) is 10.2 Å². The van der Waals surface area contributed by atoms with Gasteiger partial charge in [-0.1, -0.05) is 44.6 Å². The maximum Gasteiger partial charge on any atom is 0.226 e. The predicted molar refractivity (Wildman–Crippen MR) is 114 cm³/mol. The van der Waals surface area contributed by atoms with Crippen LogP contribution in [0.4, 0.5) is 4.39 Å². The lowest BCUT2D eigenvalue weighted by atomic mass is 10.3. The summed E-state index contributed by atoms with van der Waals surface area (Å²) in [5.74, 6) is 0.238. The van der Waals surface area contributed by atoms with E-state index in [0.29, 0.717) is 25.5 Å². The Labute approximate surface area is 164 Å². The summed E-state index contributed by atoms with van der Waals surface area (Å²) in [6, 6.07) is 0. The molecule has 1 amide bonds. The van der Waals surface area contributed by atoms with Crippen molar-refractivity contribution in [3.63, 3.8) is 0 Å². The number of nitrogens with zero attached hydrogens (tertiary/aromatic N) is 2. The molecule has 4 nitrogen and oxygen atoms in total. The molecule has 0 heterocycles. The number of rotatable bonds is 13. The lowest BCUT2D eigenvalue weighted by molar-refractivity contribution is -0.124. The number of carbonyl (C=O) groups is 1. The molecule has 0 aromatic rings. The molecule has 0 fully saturated rings. The van der Waals surface area contributed by atoms with E-state index in [9.17, 15) is 9.18 Å². The van der Waals surface area contributed by atoms with Crippen LogP contribution >= 0.6 is 0 Å². The Morgan fingerprint density at radius 2 is 1.96 bits per heavy atom. The second-order valence-corrected chi connectivity index (χ2v) is 6.14. The molecule has 0 unspecified atom stereocenters. The summed E-state index contributed by atoms with van der Waals surface area (Å²) in [4.78, 5) is 18.2. The zero-order valence-corrected chi connectivity index (χ0v) is 17.2. The van der Waals surface area contributed by atoms with Gasteiger partial charge in [0.25, 0.3) is 0 Å². The van der Waals surface area contributed by atoms with Crippen LogP contribution in [-0.2, 0) is 4.79 Å².